The van der Waals surface area contributed by atoms with Gasteiger partial charge in [-0.25, -0.2) is 0 Å². The van der Waals surface area contributed by atoms with Gasteiger partial charge in [0.2, 0.25) is 5.44 Å². The standard InChI is InChI=1S/C8H10O6S.Na/c1-14-7-3-2-5(4-6(7)9)8(10)15(11,12)13;/h2-4,8-10H,1H3,(H,11,12,13);/q;+1/p-1. The van der Waals surface area contributed by atoms with E-state index < -0.39 is 21.3 Å². The first kappa shape index (κ1) is 15.7. The normalized spacial score (nSPS) is 12.7. The molecule has 6 nitrogen and oxygen atoms in total. The van der Waals surface area contributed by atoms with Crippen LogP contribution in [0.15, 0.2) is 18.2 Å². The molecule has 1 aromatic rings. The maximum atomic E-state index is 11.2. The second kappa shape index (κ2) is 5.85. The Hall–Kier alpha value is -0.310. The minimum atomic E-state index is -4.62. The molecular formula is C8H9NaO6S. The molecule has 0 amide bonds. The first-order valence-electron chi connectivity index (χ1n) is 3.85. The number of rotatable bonds is 3. The van der Waals surface area contributed by atoms with Gasteiger partial charge in [0, 0.05) is 0 Å². The minimum Gasteiger partial charge on any atom is -0.870 e. The molecule has 0 radical (unpaired) electrons. The van der Waals surface area contributed by atoms with Gasteiger partial charge in [0.15, 0.2) is 0 Å². The summed E-state index contributed by atoms with van der Waals surface area (Å²) in [4.78, 5) is 0. The molecule has 0 aliphatic carbocycles. The van der Waals surface area contributed by atoms with E-state index in [0.717, 1.165) is 6.07 Å². The van der Waals surface area contributed by atoms with Crippen LogP contribution in [0.4, 0.5) is 0 Å². The quantitative estimate of drug-likeness (QED) is 0.432. The molecule has 1 unspecified atom stereocenters. The topological polar surface area (TPSA) is 107 Å². The third-order valence-corrected chi connectivity index (χ3v) is 2.59. The van der Waals surface area contributed by atoms with E-state index in [1.54, 1.807) is 0 Å². The largest absolute Gasteiger partial charge is 1.00 e. The number of ether oxygens (including phenoxy) is 1. The molecule has 1 atom stereocenters. The monoisotopic (exact) mass is 256 g/mol. The molecule has 1 aromatic carbocycles. The van der Waals surface area contributed by atoms with Crippen LogP contribution in [0.2, 0.25) is 0 Å². The van der Waals surface area contributed by atoms with Crippen molar-refractivity contribution < 1.29 is 57.5 Å². The summed E-state index contributed by atoms with van der Waals surface area (Å²) in [6, 6.07) is 3.28. The zero-order chi connectivity index (χ0) is 11.6. The van der Waals surface area contributed by atoms with Crippen LogP contribution in [-0.2, 0) is 10.1 Å². The second-order valence-corrected chi connectivity index (χ2v) is 4.25. The van der Waals surface area contributed by atoms with Gasteiger partial charge in [0.05, 0.1) is 7.11 Å². The van der Waals surface area contributed by atoms with Crippen molar-refractivity contribution in [1.82, 2.24) is 0 Å². The molecule has 16 heavy (non-hydrogen) atoms. The Balaban J connectivity index is 0.00000225. The van der Waals surface area contributed by atoms with Gasteiger partial charge in [-0.3, -0.25) is 4.55 Å². The SMILES string of the molecule is COc1ccc(C(O)S(=O)(=O)O)cc1[O-].[Na+]. The van der Waals surface area contributed by atoms with Crippen LogP contribution in [0.25, 0.3) is 0 Å². The van der Waals surface area contributed by atoms with Crippen molar-refractivity contribution in [1.29, 1.82) is 0 Å². The van der Waals surface area contributed by atoms with E-state index in [9.17, 15) is 13.5 Å². The molecule has 0 saturated carbocycles. The van der Waals surface area contributed by atoms with Crippen LogP contribution in [0.5, 0.6) is 11.5 Å². The average Bonchev–Trinajstić information content (AvgIpc) is 2.15. The van der Waals surface area contributed by atoms with Gasteiger partial charge in [-0.2, -0.15) is 8.42 Å². The maximum Gasteiger partial charge on any atom is 1.00 e. The van der Waals surface area contributed by atoms with Crippen LogP contribution in [-0.4, -0.2) is 25.2 Å². The first-order chi connectivity index (χ1) is 6.86. The third kappa shape index (κ3) is 3.62. The summed E-state index contributed by atoms with van der Waals surface area (Å²) >= 11 is 0. The second-order valence-electron chi connectivity index (χ2n) is 2.78. The first-order valence-corrected chi connectivity index (χ1v) is 5.36. The summed E-state index contributed by atoms with van der Waals surface area (Å²) in [5, 5.41) is 20.3. The predicted octanol–water partition coefficient (Wildman–Crippen LogP) is -3.35. The van der Waals surface area contributed by atoms with Gasteiger partial charge in [-0.05, 0) is 11.6 Å². The Morgan fingerprint density at radius 1 is 1.44 bits per heavy atom. The molecule has 0 fully saturated rings. The van der Waals surface area contributed by atoms with Crippen LogP contribution in [0.3, 0.4) is 0 Å². The summed E-state index contributed by atoms with van der Waals surface area (Å²) in [6.07, 6.45) is 0. The molecular weight excluding hydrogens is 247 g/mol. The molecule has 2 N–H and O–H groups in total. The molecule has 0 heterocycles. The summed E-state index contributed by atoms with van der Waals surface area (Å²) in [6.45, 7) is 0. The Labute approximate surface area is 115 Å². The van der Waals surface area contributed by atoms with Crippen molar-refractivity contribution >= 4 is 10.1 Å². The summed E-state index contributed by atoms with van der Waals surface area (Å²) < 4.78 is 34.3. The zero-order valence-electron chi connectivity index (χ0n) is 8.75. The van der Waals surface area contributed by atoms with E-state index in [2.05, 4.69) is 4.74 Å². The molecule has 0 aliphatic rings. The van der Waals surface area contributed by atoms with Gasteiger partial charge in [0.1, 0.15) is 5.75 Å². The molecule has 84 valence electrons. The molecule has 0 aliphatic heterocycles. The van der Waals surface area contributed by atoms with Crippen molar-refractivity contribution in [3.8, 4) is 11.5 Å². The minimum absolute atomic E-state index is 0. The smallest absolute Gasteiger partial charge is 0.870 e. The summed E-state index contributed by atoms with van der Waals surface area (Å²) in [7, 11) is -3.33. The van der Waals surface area contributed by atoms with Crippen molar-refractivity contribution in [2.45, 2.75) is 5.44 Å². The fraction of sp³-hybridized carbons (Fsp3) is 0.250. The molecule has 0 bridgehead atoms. The van der Waals surface area contributed by atoms with Crippen LogP contribution in [0.1, 0.15) is 11.0 Å². The van der Waals surface area contributed by atoms with E-state index in [1.807, 2.05) is 0 Å². The Morgan fingerprint density at radius 3 is 2.38 bits per heavy atom. The predicted molar refractivity (Wildman–Crippen MR) is 48.9 cm³/mol. The van der Waals surface area contributed by atoms with Crippen molar-refractivity contribution in [3.05, 3.63) is 23.8 Å². The maximum absolute atomic E-state index is 11.2. The summed E-state index contributed by atoms with van der Waals surface area (Å²) in [5.74, 6) is -0.543. The van der Waals surface area contributed by atoms with Crippen LogP contribution < -0.4 is 39.4 Å². The number of aliphatic hydroxyl groups excluding tert-OH is 1. The number of hydrogen-bond acceptors (Lipinski definition) is 5. The Bertz CT molecular complexity index is 458. The Morgan fingerprint density at radius 2 is 2.00 bits per heavy atom. The number of benzene rings is 1. The summed E-state index contributed by atoms with van der Waals surface area (Å²) in [5.41, 5.74) is -2.32. The van der Waals surface area contributed by atoms with Gasteiger partial charge < -0.3 is 14.9 Å². The zero-order valence-corrected chi connectivity index (χ0v) is 11.6. The molecule has 0 spiro atoms. The average molecular weight is 256 g/mol. The fourth-order valence-corrected chi connectivity index (χ4v) is 1.51. The van der Waals surface area contributed by atoms with Gasteiger partial charge in [-0.1, -0.05) is 17.9 Å². The van der Waals surface area contributed by atoms with E-state index in [4.69, 9.17) is 9.66 Å². The molecule has 0 saturated heterocycles. The van der Waals surface area contributed by atoms with Crippen molar-refractivity contribution in [2.75, 3.05) is 7.11 Å². The van der Waals surface area contributed by atoms with Crippen molar-refractivity contribution in [2.24, 2.45) is 0 Å². The van der Waals surface area contributed by atoms with Gasteiger partial charge >= 0.3 is 29.6 Å². The van der Waals surface area contributed by atoms with Gasteiger partial charge in [0.25, 0.3) is 10.1 Å². The van der Waals surface area contributed by atoms with E-state index in [0.29, 0.717) is 0 Å². The van der Waals surface area contributed by atoms with Crippen LogP contribution in [0, 0.1) is 0 Å². The fourth-order valence-electron chi connectivity index (χ4n) is 1.02. The van der Waals surface area contributed by atoms with Crippen molar-refractivity contribution in [3.63, 3.8) is 0 Å². The number of methoxy groups -OCH3 is 1. The van der Waals surface area contributed by atoms with E-state index >= 15 is 0 Å². The molecule has 8 heteroatoms. The van der Waals surface area contributed by atoms with Gasteiger partial charge in [-0.15, -0.1) is 0 Å². The van der Waals surface area contributed by atoms with E-state index in [1.165, 1.54) is 19.2 Å². The van der Waals surface area contributed by atoms with E-state index in [-0.39, 0.29) is 40.9 Å². The Kier molecular flexibility index (Phi) is 5.74. The number of aliphatic hydroxyl groups is 1. The van der Waals surface area contributed by atoms with Crippen LogP contribution >= 0.6 is 0 Å². The third-order valence-electron chi connectivity index (χ3n) is 1.75. The molecule has 1 rings (SSSR count). The molecule has 0 aromatic heterocycles. The number of hydrogen-bond donors (Lipinski definition) is 2.